The van der Waals surface area contributed by atoms with Crippen LogP contribution in [0.25, 0.3) is 0 Å². The molecule has 0 bridgehead atoms. The number of rotatable bonds is 4. The van der Waals surface area contributed by atoms with E-state index in [1.54, 1.807) is 0 Å². The van der Waals surface area contributed by atoms with Crippen LogP contribution in [0.15, 0.2) is 0 Å². The van der Waals surface area contributed by atoms with Gasteiger partial charge in [-0.25, -0.2) is 0 Å². The van der Waals surface area contributed by atoms with Gasteiger partial charge in [0, 0.05) is 11.3 Å². The highest BCUT2D eigenvalue weighted by Gasteiger charge is 2.37. The second-order valence-electron chi connectivity index (χ2n) is 6.87. The Morgan fingerprint density at radius 3 is 2.44 bits per heavy atom. The zero-order valence-corrected chi connectivity index (χ0v) is 13.2. The van der Waals surface area contributed by atoms with Crippen LogP contribution in [0.4, 0.5) is 0 Å². The first kappa shape index (κ1) is 14.7. The van der Waals surface area contributed by atoms with E-state index in [-0.39, 0.29) is 0 Å². The average molecular weight is 271 g/mol. The van der Waals surface area contributed by atoms with Gasteiger partial charge in [0.2, 0.25) is 0 Å². The van der Waals surface area contributed by atoms with Gasteiger partial charge in [0.1, 0.15) is 0 Å². The molecule has 2 rings (SSSR count). The number of nitrogens with one attached hydrogen (secondary N) is 1. The molecule has 2 nitrogen and oxygen atoms in total. The molecule has 2 fully saturated rings. The van der Waals surface area contributed by atoms with Gasteiger partial charge >= 0.3 is 0 Å². The van der Waals surface area contributed by atoms with Gasteiger partial charge in [0.05, 0.1) is 18.5 Å². The quantitative estimate of drug-likeness (QED) is 0.847. The second kappa shape index (κ2) is 6.15. The van der Waals surface area contributed by atoms with Crippen molar-refractivity contribution in [2.45, 2.75) is 63.5 Å². The summed E-state index contributed by atoms with van der Waals surface area (Å²) in [7, 11) is 0. The molecule has 0 aromatic carbocycles. The molecule has 1 aliphatic heterocycles. The molecule has 0 radical (unpaired) electrons. The normalized spacial score (nSPS) is 34.3. The molecule has 0 amide bonds. The molecular formula is C15H29NOS. The highest BCUT2D eigenvalue weighted by molar-refractivity contribution is 8.00. The minimum absolute atomic E-state index is 0.464. The van der Waals surface area contributed by atoms with Gasteiger partial charge in [-0.15, -0.1) is 11.8 Å². The third-order valence-electron chi connectivity index (χ3n) is 4.46. The molecule has 106 valence electrons. The Kier molecular flexibility index (Phi) is 5.01. The largest absolute Gasteiger partial charge is 0.379 e. The van der Waals surface area contributed by atoms with Gasteiger partial charge < -0.3 is 10.1 Å². The van der Waals surface area contributed by atoms with Crippen LogP contribution in [0, 0.1) is 11.3 Å². The van der Waals surface area contributed by atoms with Crippen molar-refractivity contribution in [3.63, 3.8) is 0 Å². The van der Waals surface area contributed by atoms with E-state index in [1.807, 2.05) is 0 Å². The summed E-state index contributed by atoms with van der Waals surface area (Å²) >= 11 is 2.19. The summed E-state index contributed by atoms with van der Waals surface area (Å²) in [5.41, 5.74) is 0.464. The molecule has 0 aromatic rings. The van der Waals surface area contributed by atoms with Crippen molar-refractivity contribution in [2.24, 2.45) is 11.3 Å². The fourth-order valence-electron chi connectivity index (χ4n) is 3.10. The summed E-state index contributed by atoms with van der Waals surface area (Å²) in [4.78, 5) is 0. The lowest BCUT2D eigenvalue weighted by molar-refractivity contribution is 0.0447. The van der Waals surface area contributed by atoms with Crippen molar-refractivity contribution in [3.8, 4) is 0 Å². The summed E-state index contributed by atoms with van der Waals surface area (Å²) in [6, 6.07) is 0.721. The molecule has 2 aliphatic rings. The van der Waals surface area contributed by atoms with Crippen LogP contribution in [0.3, 0.4) is 0 Å². The van der Waals surface area contributed by atoms with Crippen LogP contribution in [0.5, 0.6) is 0 Å². The van der Waals surface area contributed by atoms with E-state index in [2.05, 4.69) is 44.8 Å². The zero-order valence-electron chi connectivity index (χ0n) is 12.4. The third-order valence-corrected chi connectivity index (χ3v) is 5.99. The lowest BCUT2D eigenvalue weighted by Crippen LogP contribution is -2.47. The maximum atomic E-state index is 5.32. The molecule has 3 unspecified atom stereocenters. The maximum absolute atomic E-state index is 5.32. The monoisotopic (exact) mass is 271 g/mol. The summed E-state index contributed by atoms with van der Waals surface area (Å²) in [5, 5.41) is 5.25. The van der Waals surface area contributed by atoms with Crippen LogP contribution in [-0.4, -0.2) is 36.3 Å². The first-order valence-corrected chi connectivity index (χ1v) is 8.41. The average Bonchev–Trinajstić information content (AvgIpc) is 2.24. The molecule has 1 N–H and O–H groups in total. The molecule has 1 aliphatic carbocycles. The minimum atomic E-state index is 0.464. The van der Waals surface area contributed by atoms with Gasteiger partial charge in [-0.2, -0.15) is 0 Å². The van der Waals surface area contributed by atoms with E-state index in [9.17, 15) is 0 Å². The lowest BCUT2D eigenvalue weighted by Gasteiger charge is -2.43. The summed E-state index contributed by atoms with van der Waals surface area (Å²) < 4.78 is 5.32. The van der Waals surface area contributed by atoms with Gasteiger partial charge in [-0.05, 0) is 37.1 Å². The number of hydrogen-bond donors (Lipinski definition) is 1. The fourth-order valence-corrected chi connectivity index (χ4v) is 4.71. The van der Waals surface area contributed by atoms with Crippen molar-refractivity contribution < 1.29 is 4.74 Å². The van der Waals surface area contributed by atoms with Crippen LogP contribution in [0.2, 0.25) is 0 Å². The van der Waals surface area contributed by atoms with E-state index < -0.39 is 0 Å². The summed E-state index contributed by atoms with van der Waals surface area (Å²) in [6.45, 7) is 12.5. The van der Waals surface area contributed by atoms with E-state index in [1.165, 1.54) is 19.3 Å². The van der Waals surface area contributed by atoms with Gasteiger partial charge in [0.25, 0.3) is 0 Å². The zero-order chi connectivity index (χ0) is 13.2. The second-order valence-corrected chi connectivity index (χ2v) is 8.42. The Morgan fingerprint density at radius 1 is 1.22 bits per heavy atom. The number of thioether (sulfide) groups is 1. The molecule has 0 spiro atoms. The topological polar surface area (TPSA) is 21.3 Å². The van der Waals surface area contributed by atoms with Gasteiger partial charge in [-0.1, -0.05) is 27.7 Å². The molecule has 3 atom stereocenters. The molecular weight excluding hydrogens is 242 g/mol. The van der Waals surface area contributed by atoms with Crippen LogP contribution >= 0.6 is 11.8 Å². The van der Waals surface area contributed by atoms with E-state index >= 15 is 0 Å². The Labute approximate surface area is 117 Å². The first-order chi connectivity index (χ1) is 8.50. The van der Waals surface area contributed by atoms with E-state index in [0.29, 0.717) is 5.41 Å². The molecule has 0 aromatic heterocycles. The molecule has 1 saturated carbocycles. The highest BCUT2D eigenvalue weighted by Crippen LogP contribution is 2.43. The predicted octanol–water partition coefficient (Wildman–Crippen LogP) is 3.31. The Bertz CT molecular complexity index is 260. The first-order valence-electron chi connectivity index (χ1n) is 7.47. The van der Waals surface area contributed by atoms with Crippen molar-refractivity contribution >= 4 is 11.8 Å². The molecule has 3 heteroatoms. The minimum Gasteiger partial charge on any atom is -0.379 e. The predicted molar refractivity (Wildman–Crippen MR) is 80.2 cm³/mol. The molecule has 18 heavy (non-hydrogen) atoms. The van der Waals surface area contributed by atoms with Crippen molar-refractivity contribution in [1.82, 2.24) is 5.32 Å². The standard InChI is InChI=1S/C15H29NOS/c1-5-16-13-7-6-11(15(2,3)4)8-14(13)18-12-9-17-10-12/h11-14,16H,5-10H2,1-4H3. The maximum Gasteiger partial charge on any atom is 0.0608 e. The highest BCUT2D eigenvalue weighted by atomic mass is 32.2. The smallest absolute Gasteiger partial charge is 0.0608 e. The van der Waals surface area contributed by atoms with Crippen LogP contribution in [0.1, 0.15) is 47.0 Å². The third kappa shape index (κ3) is 3.64. The van der Waals surface area contributed by atoms with Crippen molar-refractivity contribution in [1.29, 1.82) is 0 Å². The molecule has 1 heterocycles. The molecule has 1 saturated heterocycles. The van der Waals surface area contributed by atoms with Gasteiger partial charge in [-0.3, -0.25) is 0 Å². The van der Waals surface area contributed by atoms with E-state index in [4.69, 9.17) is 4.74 Å². The fraction of sp³-hybridized carbons (Fsp3) is 1.00. The van der Waals surface area contributed by atoms with Gasteiger partial charge in [0.15, 0.2) is 0 Å². The SMILES string of the molecule is CCNC1CCC(C(C)(C)C)CC1SC1COC1. The lowest BCUT2D eigenvalue weighted by atomic mass is 9.71. The van der Waals surface area contributed by atoms with Crippen molar-refractivity contribution in [3.05, 3.63) is 0 Å². The van der Waals surface area contributed by atoms with Crippen molar-refractivity contribution in [2.75, 3.05) is 19.8 Å². The Morgan fingerprint density at radius 2 is 1.94 bits per heavy atom. The Hall–Kier alpha value is 0.270. The summed E-state index contributed by atoms with van der Waals surface area (Å²) in [6.07, 6.45) is 4.11. The van der Waals surface area contributed by atoms with Crippen LogP contribution < -0.4 is 5.32 Å². The van der Waals surface area contributed by atoms with Crippen LogP contribution in [-0.2, 0) is 4.74 Å². The summed E-state index contributed by atoms with van der Waals surface area (Å²) in [5.74, 6) is 0.880. The Balaban J connectivity index is 1.93. The number of ether oxygens (including phenoxy) is 1. The van der Waals surface area contributed by atoms with E-state index in [0.717, 1.165) is 42.2 Å². The number of hydrogen-bond acceptors (Lipinski definition) is 3.